The molecular weight excluding hydrogens is 413 g/mol. The number of nitrogens with one attached hydrogen (secondary N) is 1. The molecule has 0 spiro atoms. The maximum absolute atomic E-state index is 13.8. The van der Waals surface area contributed by atoms with Crippen molar-refractivity contribution in [3.63, 3.8) is 0 Å². The van der Waals surface area contributed by atoms with Gasteiger partial charge in [0.25, 0.3) is 5.91 Å². The van der Waals surface area contributed by atoms with E-state index in [1.54, 1.807) is 17.0 Å². The Labute approximate surface area is 169 Å². The number of aromatic nitrogens is 2. The van der Waals surface area contributed by atoms with Crippen LogP contribution in [0.25, 0.3) is 0 Å². The summed E-state index contributed by atoms with van der Waals surface area (Å²) in [6, 6.07) is 1.22. The van der Waals surface area contributed by atoms with Gasteiger partial charge >= 0.3 is 6.18 Å². The van der Waals surface area contributed by atoms with Crippen molar-refractivity contribution < 1.29 is 18.0 Å². The van der Waals surface area contributed by atoms with E-state index in [-0.39, 0.29) is 23.0 Å². The Morgan fingerprint density at radius 2 is 1.96 bits per heavy atom. The van der Waals surface area contributed by atoms with Gasteiger partial charge in [-0.05, 0) is 24.3 Å². The molecule has 10 heteroatoms. The first-order chi connectivity index (χ1) is 13.4. The maximum Gasteiger partial charge on any atom is 0.410 e. The van der Waals surface area contributed by atoms with Gasteiger partial charge < -0.3 is 10.2 Å². The topological polar surface area (TPSA) is 50.2 Å². The van der Waals surface area contributed by atoms with E-state index < -0.39 is 24.2 Å². The molecule has 2 aromatic rings. The van der Waals surface area contributed by atoms with Crippen LogP contribution in [0.15, 0.2) is 17.5 Å². The van der Waals surface area contributed by atoms with Gasteiger partial charge in [0.15, 0.2) is 11.7 Å². The lowest BCUT2D eigenvalue weighted by atomic mass is 10.0. The Morgan fingerprint density at radius 3 is 2.57 bits per heavy atom. The SMILES string of the molecule is O=C(c1nn2c(c1Cl)N[C@@H](c1cccs1)C[C@H]2C(F)(F)F)N1CCCCCC1. The molecule has 2 aliphatic rings. The monoisotopic (exact) mass is 432 g/mol. The minimum Gasteiger partial charge on any atom is -0.361 e. The summed E-state index contributed by atoms with van der Waals surface area (Å²) in [4.78, 5) is 15.4. The van der Waals surface area contributed by atoms with Gasteiger partial charge in [-0.15, -0.1) is 11.3 Å². The van der Waals surface area contributed by atoms with Gasteiger partial charge in [0, 0.05) is 24.4 Å². The summed E-state index contributed by atoms with van der Waals surface area (Å²) in [6.07, 6.45) is -0.868. The van der Waals surface area contributed by atoms with Gasteiger partial charge in [-0.3, -0.25) is 4.79 Å². The molecule has 1 saturated heterocycles. The van der Waals surface area contributed by atoms with Crippen molar-refractivity contribution in [2.45, 2.75) is 50.4 Å². The van der Waals surface area contributed by atoms with Crippen molar-refractivity contribution in [1.29, 1.82) is 0 Å². The number of nitrogens with zero attached hydrogens (tertiary/aromatic N) is 3. The summed E-state index contributed by atoms with van der Waals surface area (Å²) in [5, 5.41) is 8.89. The Morgan fingerprint density at radius 1 is 1.25 bits per heavy atom. The van der Waals surface area contributed by atoms with Gasteiger partial charge in [-0.25, -0.2) is 4.68 Å². The van der Waals surface area contributed by atoms with Gasteiger partial charge in [-0.2, -0.15) is 18.3 Å². The van der Waals surface area contributed by atoms with Crippen molar-refractivity contribution in [3.05, 3.63) is 33.1 Å². The highest BCUT2D eigenvalue weighted by Crippen LogP contribution is 2.47. The predicted molar refractivity (Wildman–Crippen MR) is 102 cm³/mol. The number of hydrogen-bond donors (Lipinski definition) is 1. The molecular formula is C18H20ClF3N4OS. The average Bonchev–Trinajstić information content (AvgIpc) is 3.20. The van der Waals surface area contributed by atoms with Crippen LogP contribution in [-0.2, 0) is 0 Å². The lowest BCUT2D eigenvalue weighted by Crippen LogP contribution is -2.36. The summed E-state index contributed by atoms with van der Waals surface area (Å²) in [6.45, 7) is 1.15. The minimum atomic E-state index is -4.50. The second kappa shape index (κ2) is 7.59. The molecule has 152 valence electrons. The number of anilines is 1. The van der Waals surface area contributed by atoms with E-state index in [1.807, 2.05) is 5.38 Å². The summed E-state index contributed by atoms with van der Waals surface area (Å²) < 4.78 is 42.1. The first-order valence-electron chi connectivity index (χ1n) is 9.30. The fourth-order valence-corrected chi connectivity index (χ4v) is 4.88. The van der Waals surface area contributed by atoms with Crippen LogP contribution in [0.2, 0.25) is 5.02 Å². The van der Waals surface area contributed by atoms with E-state index >= 15 is 0 Å². The molecule has 2 atom stereocenters. The van der Waals surface area contributed by atoms with Crippen LogP contribution in [0.1, 0.15) is 59.6 Å². The number of fused-ring (bicyclic) bond motifs is 1. The first kappa shape index (κ1) is 19.6. The number of hydrogen-bond acceptors (Lipinski definition) is 4. The Hall–Kier alpha value is -1.74. The number of halogens is 4. The zero-order valence-electron chi connectivity index (χ0n) is 15.0. The largest absolute Gasteiger partial charge is 0.410 e. The molecule has 2 aromatic heterocycles. The maximum atomic E-state index is 13.8. The number of alkyl halides is 3. The van der Waals surface area contributed by atoms with Crippen LogP contribution in [0.5, 0.6) is 0 Å². The normalized spacial score (nSPS) is 23.1. The smallest absolute Gasteiger partial charge is 0.361 e. The second-order valence-electron chi connectivity index (χ2n) is 7.17. The van der Waals surface area contributed by atoms with Gasteiger partial charge in [0.1, 0.15) is 10.8 Å². The van der Waals surface area contributed by atoms with Crippen molar-refractivity contribution in [2.24, 2.45) is 0 Å². The fourth-order valence-electron chi connectivity index (χ4n) is 3.83. The van der Waals surface area contributed by atoms with Crippen molar-refractivity contribution in [3.8, 4) is 0 Å². The van der Waals surface area contributed by atoms with Gasteiger partial charge in [0.2, 0.25) is 0 Å². The molecule has 0 aromatic carbocycles. The number of thiophene rings is 1. The molecule has 1 N–H and O–H groups in total. The minimum absolute atomic E-state index is 0.0373. The fraction of sp³-hybridized carbons (Fsp3) is 0.556. The van der Waals surface area contributed by atoms with Crippen molar-refractivity contribution >= 4 is 34.7 Å². The third kappa shape index (κ3) is 3.61. The predicted octanol–water partition coefficient (Wildman–Crippen LogP) is 5.27. The molecule has 2 aliphatic heterocycles. The standard InChI is InChI=1S/C18H20ClF3N4OS/c19-14-15(17(27)25-7-3-1-2-4-8-25)24-26-13(18(20,21)22)10-11(23-16(14)26)12-6-5-9-28-12/h5-6,9,11,13,23H,1-4,7-8,10H2/t11-,13+/m1/s1. The molecule has 0 aliphatic carbocycles. The van der Waals surface area contributed by atoms with Crippen LogP contribution in [-0.4, -0.2) is 39.9 Å². The van der Waals surface area contributed by atoms with Crippen LogP contribution >= 0.6 is 22.9 Å². The number of likely N-dealkylation sites (tertiary alicyclic amines) is 1. The molecule has 0 unspecified atom stereocenters. The zero-order chi connectivity index (χ0) is 19.9. The Balaban J connectivity index is 1.70. The van der Waals surface area contributed by atoms with E-state index in [4.69, 9.17) is 11.6 Å². The molecule has 4 rings (SSSR count). The van der Waals surface area contributed by atoms with E-state index in [9.17, 15) is 18.0 Å². The Kier molecular flexibility index (Phi) is 5.30. The molecule has 5 nitrogen and oxygen atoms in total. The average molecular weight is 433 g/mol. The van der Waals surface area contributed by atoms with Crippen LogP contribution in [0.4, 0.5) is 19.0 Å². The zero-order valence-corrected chi connectivity index (χ0v) is 16.6. The van der Waals surface area contributed by atoms with Crippen molar-refractivity contribution in [2.75, 3.05) is 18.4 Å². The summed E-state index contributed by atoms with van der Waals surface area (Å²) in [7, 11) is 0. The molecule has 0 radical (unpaired) electrons. The summed E-state index contributed by atoms with van der Waals surface area (Å²) in [5.74, 6) is -0.337. The molecule has 1 fully saturated rings. The third-order valence-corrected chi connectivity index (χ3v) is 6.62. The number of carbonyl (C=O) groups excluding carboxylic acids is 1. The highest BCUT2D eigenvalue weighted by Gasteiger charge is 2.48. The van der Waals surface area contributed by atoms with Gasteiger partial charge in [-0.1, -0.05) is 30.5 Å². The number of carbonyl (C=O) groups is 1. The molecule has 1 amide bonds. The number of rotatable bonds is 2. The number of amides is 1. The van der Waals surface area contributed by atoms with Crippen LogP contribution in [0, 0.1) is 0 Å². The quantitative estimate of drug-likeness (QED) is 0.702. The van der Waals surface area contributed by atoms with Crippen LogP contribution < -0.4 is 5.32 Å². The van der Waals surface area contributed by atoms with Crippen LogP contribution in [0.3, 0.4) is 0 Å². The van der Waals surface area contributed by atoms with Gasteiger partial charge in [0.05, 0.1) is 6.04 Å². The second-order valence-corrected chi connectivity index (χ2v) is 8.52. The lowest BCUT2D eigenvalue weighted by molar-refractivity contribution is -0.173. The van der Waals surface area contributed by atoms with E-state index in [0.717, 1.165) is 35.2 Å². The summed E-state index contributed by atoms with van der Waals surface area (Å²) >= 11 is 7.77. The molecule has 0 saturated carbocycles. The van der Waals surface area contributed by atoms with Crippen molar-refractivity contribution in [1.82, 2.24) is 14.7 Å². The van der Waals surface area contributed by atoms with E-state index in [1.165, 1.54) is 11.3 Å². The highest BCUT2D eigenvalue weighted by molar-refractivity contribution is 7.10. The first-order valence-corrected chi connectivity index (χ1v) is 10.6. The molecule has 4 heterocycles. The highest BCUT2D eigenvalue weighted by atomic mass is 35.5. The molecule has 28 heavy (non-hydrogen) atoms. The summed E-state index contributed by atoms with van der Waals surface area (Å²) in [5.41, 5.74) is -0.104. The Bertz CT molecular complexity index is 844. The van der Waals surface area contributed by atoms with E-state index in [2.05, 4.69) is 10.4 Å². The lowest BCUT2D eigenvalue weighted by Gasteiger charge is -2.32. The van der Waals surface area contributed by atoms with E-state index in [0.29, 0.717) is 13.1 Å². The molecule has 0 bridgehead atoms. The third-order valence-electron chi connectivity index (χ3n) is 5.28.